The number of carbonyl (C=O) groups is 1. The lowest BCUT2D eigenvalue weighted by Crippen LogP contribution is -2.04. The van der Waals surface area contributed by atoms with Crippen LogP contribution in [0.15, 0.2) is 24.3 Å². The van der Waals surface area contributed by atoms with Crippen molar-refractivity contribution in [2.75, 3.05) is 0 Å². The lowest BCUT2D eigenvalue weighted by atomic mass is 10.1. The van der Waals surface area contributed by atoms with Gasteiger partial charge < -0.3 is 5.11 Å². The number of para-hydroxylation sites is 1. The summed E-state index contributed by atoms with van der Waals surface area (Å²) in [7, 11) is 0. The molecule has 0 aliphatic rings. The maximum atomic E-state index is 10.6. The third-order valence-electron chi connectivity index (χ3n) is 3.17. The van der Waals surface area contributed by atoms with E-state index >= 15 is 0 Å². The van der Waals surface area contributed by atoms with Crippen molar-refractivity contribution < 1.29 is 9.90 Å². The van der Waals surface area contributed by atoms with Gasteiger partial charge in [0.15, 0.2) is 0 Å². The molecule has 19 heavy (non-hydrogen) atoms. The van der Waals surface area contributed by atoms with Crippen LogP contribution in [0.3, 0.4) is 0 Å². The van der Waals surface area contributed by atoms with Gasteiger partial charge in [0.2, 0.25) is 0 Å². The van der Waals surface area contributed by atoms with Crippen molar-refractivity contribution in [3.05, 3.63) is 41.2 Å². The summed E-state index contributed by atoms with van der Waals surface area (Å²) in [5, 5.41) is 17.0. The molecule has 5 heteroatoms. The summed E-state index contributed by atoms with van der Waals surface area (Å²) in [5.74, 6) is -0.817. The van der Waals surface area contributed by atoms with Gasteiger partial charge in [-0.25, -0.2) is 4.68 Å². The van der Waals surface area contributed by atoms with E-state index in [0.717, 1.165) is 23.5 Å². The van der Waals surface area contributed by atoms with Crippen LogP contribution in [-0.2, 0) is 17.6 Å². The van der Waals surface area contributed by atoms with E-state index in [1.807, 2.05) is 25.1 Å². The molecule has 1 aromatic carbocycles. The van der Waals surface area contributed by atoms with Crippen molar-refractivity contribution in [2.45, 2.75) is 33.1 Å². The van der Waals surface area contributed by atoms with Crippen molar-refractivity contribution in [3.8, 4) is 5.69 Å². The molecule has 1 heterocycles. The minimum absolute atomic E-state index is 0.0783. The molecular formula is C14H17N3O2. The Hall–Kier alpha value is -2.17. The molecule has 0 atom stereocenters. The highest BCUT2D eigenvalue weighted by Gasteiger charge is 2.13. The molecule has 0 amide bonds. The maximum Gasteiger partial charge on any atom is 0.303 e. The van der Waals surface area contributed by atoms with Gasteiger partial charge in [-0.1, -0.05) is 30.3 Å². The molecule has 2 aromatic rings. The Kier molecular flexibility index (Phi) is 3.94. The first-order chi connectivity index (χ1) is 9.13. The van der Waals surface area contributed by atoms with E-state index < -0.39 is 5.97 Å². The van der Waals surface area contributed by atoms with Gasteiger partial charge in [-0.3, -0.25) is 4.79 Å². The number of aryl methyl sites for hydroxylation is 2. The van der Waals surface area contributed by atoms with Gasteiger partial charge in [0.25, 0.3) is 0 Å². The van der Waals surface area contributed by atoms with Crippen LogP contribution in [-0.4, -0.2) is 26.1 Å². The second-order valence-electron chi connectivity index (χ2n) is 4.41. The molecule has 0 bridgehead atoms. The van der Waals surface area contributed by atoms with Gasteiger partial charge in [-0.2, -0.15) is 0 Å². The average Bonchev–Trinajstić information content (AvgIpc) is 2.77. The molecule has 0 saturated carbocycles. The largest absolute Gasteiger partial charge is 0.481 e. The molecule has 0 aliphatic carbocycles. The van der Waals surface area contributed by atoms with Crippen LogP contribution < -0.4 is 0 Å². The first-order valence-electron chi connectivity index (χ1n) is 6.34. The lowest BCUT2D eigenvalue weighted by molar-refractivity contribution is -0.136. The molecule has 0 radical (unpaired) electrons. The number of rotatable bonds is 5. The number of aliphatic carboxylic acids is 1. The predicted octanol–water partition coefficient (Wildman–Crippen LogP) is 2.16. The summed E-state index contributed by atoms with van der Waals surface area (Å²) in [4.78, 5) is 10.6. The van der Waals surface area contributed by atoms with Crippen molar-refractivity contribution in [1.82, 2.24) is 15.0 Å². The minimum Gasteiger partial charge on any atom is -0.481 e. The number of nitrogens with zero attached hydrogens (tertiary/aromatic N) is 3. The predicted molar refractivity (Wildman–Crippen MR) is 71.4 cm³/mol. The first-order valence-corrected chi connectivity index (χ1v) is 6.34. The van der Waals surface area contributed by atoms with E-state index in [4.69, 9.17) is 5.11 Å². The van der Waals surface area contributed by atoms with Crippen LogP contribution in [0.5, 0.6) is 0 Å². The summed E-state index contributed by atoms with van der Waals surface area (Å²) in [5.41, 5.74) is 3.85. The Morgan fingerprint density at radius 2 is 2.11 bits per heavy atom. The summed E-state index contributed by atoms with van der Waals surface area (Å²) < 4.78 is 1.79. The third-order valence-corrected chi connectivity index (χ3v) is 3.17. The second kappa shape index (κ2) is 5.65. The molecule has 0 spiro atoms. The molecule has 100 valence electrons. The lowest BCUT2D eigenvalue weighted by Gasteiger charge is -2.08. The number of carboxylic acid groups (broad SMARTS) is 1. The summed E-state index contributed by atoms with van der Waals surface area (Å²) in [6, 6.07) is 8.03. The Balaban J connectivity index is 2.33. The first kappa shape index (κ1) is 13.3. The number of benzene rings is 1. The monoisotopic (exact) mass is 259 g/mol. The molecule has 1 N–H and O–H groups in total. The molecular weight excluding hydrogens is 242 g/mol. The SMILES string of the molecule is CCc1ccccc1-n1nnc(CCC(=O)O)c1C. The van der Waals surface area contributed by atoms with Gasteiger partial charge in [0.05, 0.1) is 23.5 Å². The molecule has 1 aromatic heterocycles. The highest BCUT2D eigenvalue weighted by molar-refractivity contribution is 5.67. The summed E-state index contributed by atoms with van der Waals surface area (Å²) >= 11 is 0. The summed E-state index contributed by atoms with van der Waals surface area (Å²) in [6.07, 6.45) is 1.41. The van der Waals surface area contributed by atoms with Gasteiger partial charge in [-0.15, -0.1) is 5.10 Å². The van der Waals surface area contributed by atoms with E-state index in [0.29, 0.717) is 6.42 Å². The van der Waals surface area contributed by atoms with E-state index in [1.165, 1.54) is 5.56 Å². The Labute approximate surface area is 111 Å². The fourth-order valence-corrected chi connectivity index (χ4v) is 2.06. The quantitative estimate of drug-likeness (QED) is 0.893. The molecule has 0 unspecified atom stereocenters. The Bertz CT molecular complexity index is 590. The van der Waals surface area contributed by atoms with Crippen LogP contribution in [0.25, 0.3) is 5.69 Å². The van der Waals surface area contributed by atoms with E-state index in [2.05, 4.69) is 23.3 Å². The molecule has 5 nitrogen and oxygen atoms in total. The standard InChI is InChI=1S/C14H17N3O2/c1-3-11-6-4-5-7-13(11)17-10(2)12(15-16-17)8-9-14(18)19/h4-7H,3,8-9H2,1-2H3,(H,18,19). The van der Waals surface area contributed by atoms with Crippen LogP contribution in [0, 0.1) is 6.92 Å². The van der Waals surface area contributed by atoms with Gasteiger partial charge >= 0.3 is 5.97 Å². The second-order valence-corrected chi connectivity index (χ2v) is 4.41. The zero-order valence-electron chi connectivity index (χ0n) is 11.1. The number of aromatic nitrogens is 3. The van der Waals surface area contributed by atoms with Crippen molar-refractivity contribution in [1.29, 1.82) is 0 Å². The van der Waals surface area contributed by atoms with Gasteiger partial charge in [0, 0.05) is 6.42 Å². The smallest absolute Gasteiger partial charge is 0.303 e. The van der Waals surface area contributed by atoms with Crippen LogP contribution in [0.2, 0.25) is 0 Å². The average molecular weight is 259 g/mol. The minimum atomic E-state index is -0.817. The molecule has 2 rings (SSSR count). The number of carboxylic acids is 1. The number of hydrogen-bond donors (Lipinski definition) is 1. The van der Waals surface area contributed by atoms with Crippen molar-refractivity contribution in [2.24, 2.45) is 0 Å². The fourth-order valence-electron chi connectivity index (χ4n) is 2.06. The van der Waals surface area contributed by atoms with Gasteiger partial charge in [-0.05, 0) is 25.0 Å². The summed E-state index contributed by atoms with van der Waals surface area (Å²) in [6.45, 7) is 4.01. The number of hydrogen-bond acceptors (Lipinski definition) is 3. The van der Waals surface area contributed by atoms with Crippen LogP contribution >= 0.6 is 0 Å². The fraction of sp³-hybridized carbons (Fsp3) is 0.357. The molecule has 0 saturated heterocycles. The van der Waals surface area contributed by atoms with Crippen LogP contribution in [0.1, 0.15) is 30.3 Å². The topological polar surface area (TPSA) is 68.0 Å². The zero-order valence-corrected chi connectivity index (χ0v) is 11.1. The highest BCUT2D eigenvalue weighted by atomic mass is 16.4. The molecule has 0 fully saturated rings. The van der Waals surface area contributed by atoms with Crippen molar-refractivity contribution >= 4 is 5.97 Å². The molecule has 0 aliphatic heterocycles. The maximum absolute atomic E-state index is 10.6. The van der Waals surface area contributed by atoms with E-state index in [-0.39, 0.29) is 6.42 Å². The van der Waals surface area contributed by atoms with E-state index in [9.17, 15) is 4.79 Å². The van der Waals surface area contributed by atoms with Gasteiger partial charge in [0.1, 0.15) is 0 Å². The van der Waals surface area contributed by atoms with E-state index in [1.54, 1.807) is 4.68 Å². The van der Waals surface area contributed by atoms with Crippen molar-refractivity contribution in [3.63, 3.8) is 0 Å². The Morgan fingerprint density at radius 3 is 2.79 bits per heavy atom. The zero-order chi connectivity index (χ0) is 13.8. The third kappa shape index (κ3) is 2.81. The highest BCUT2D eigenvalue weighted by Crippen LogP contribution is 2.18. The normalized spacial score (nSPS) is 10.6. The Morgan fingerprint density at radius 1 is 1.37 bits per heavy atom. The van der Waals surface area contributed by atoms with Crippen LogP contribution in [0.4, 0.5) is 0 Å².